The molecule has 0 aliphatic carbocycles. The third-order valence-electron chi connectivity index (χ3n) is 4.77. The molecule has 1 aliphatic heterocycles. The topological polar surface area (TPSA) is 50.8 Å². The van der Waals surface area contributed by atoms with Crippen LogP contribution in [0.25, 0.3) is 0 Å². The summed E-state index contributed by atoms with van der Waals surface area (Å²) >= 11 is 0. The van der Waals surface area contributed by atoms with Gasteiger partial charge in [0.05, 0.1) is 19.8 Å². The van der Waals surface area contributed by atoms with Crippen LogP contribution in [-0.4, -0.2) is 37.6 Å². The van der Waals surface area contributed by atoms with Gasteiger partial charge in [0.15, 0.2) is 0 Å². The van der Waals surface area contributed by atoms with E-state index in [1.54, 1.807) is 7.11 Å². The number of nitrogens with zero attached hydrogens (tertiary/aromatic N) is 1. The van der Waals surface area contributed by atoms with Crippen LogP contribution in [0.4, 0.5) is 0 Å². The number of carbonyl (C=O) groups excluding carboxylic acids is 1. The van der Waals surface area contributed by atoms with Gasteiger partial charge in [0.1, 0.15) is 5.75 Å². The standard InChI is InChI=1S/C22H28N2O3/c1-3-27-21-9-8-19-10-11-24(14-20(19)12-21)15-22(25)23-13-17-4-6-18(7-5-17)16-26-2/h4-9,12H,3,10-11,13-16H2,1-2H3,(H,23,25). The van der Waals surface area contributed by atoms with Crippen molar-refractivity contribution in [1.29, 1.82) is 0 Å². The number of fused-ring (bicyclic) bond motifs is 1. The number of hydrogen-bond donors (Lipinski definition) is 1. The second-order valence-electron chi connectivity index (χ2n) is 6.85. The van der Waals surface area contributed by atoms with Crippen molar-refractivity contribution in [1.82, 2.24) is 10.2 Å². The van der Waals surface area contributed by atoms with E-state index >= 15 is 0 Å². The highest BCUT2D eigenvalue weighted by Crippen LogP contribution is 2.23. The van der Waals surface area contributed by atoms with Crippen LogP contribution in [0, 0.1) is 0 Å². The molecule has 0 aromatic heterocycles. The minimum atomic E-state index is 0.0559. The number of amides is 1. The Morgan fingerprint density at radius 1 is 1.11 bits per heavy atom. The molecule has 5 nitrogen and oxygen atoms in total. The molecule has 1 aliphatic rings. The zero-order chi connectivity index (χ0) is 19.1. The van der Waals surface area contributed by atoms with Gasteiger partial charge in [-0.1, -0.05) is 30.3 Å². The average molecular weight is 368 g/mol. The summed E-state index contributed by atoms with van der Waals surface area (Å²) in [5.74, 6) is 0.958. The van der Waals surface area contributed by atoms with Gasteiger partial charge in [0.2, 0.25) is 5.91 Å². The van der Waals surface area contributed by atoms with Crippen LogP contribution in [0.3, 0.4) is 0 Å². The van der Waals surface area contributed by atoms with E-state index in [2.05, 4.69) is 22.3 Å². The molecule has 0 saturated carbocycles. The first kappa shape index (κ1) is 19.4. The van der Waals surface area contributed by atoms with Gasteiger partial charge < -0.3 is 14.8 Å². The molecule has 0 saturated heterocycles. The number of carbonyl (C=O) groups is 1. The Bertz CT molecular complexity index is 759. The van der Waals surface area contributed by atoms with Crippen LogP contribution >= 0.6 is 0 Å². The summed E-state index contributed by atoms with van der Waals surface area (Å²) in [5, 5.41) is 3.02. The van der Waals surface area contributed by atoms with Crippen molar-refractivity contribution in [2.45, 2.75) is 33.0 Å². The molecule has 5 heteroatoms. The van der Waals surface area contributed by atoms with Crippen LogP contribution in [0.1, 0.15) is 29.2 Å². The first-order valence-electron chi connectivity index (χ1n) is 9.48. The maximum Gasteiger partial charge on any atom is 0.234 e. The van der Waals surface area contributed by atoms with Gasteiger partial charge in [-0.05, 0) is 47.7 Å². The molecule has 0 atom stereocenters. The van der Waals surface area contributed by atoms with E-state index in [0.29, 0.717) is 26.3 Å². The van der Waals surface area contributed by atoms with Crippen LogP contribution in [0.5, 0.6) is 5.75 Å². The molecule has 0 fully saturated rings. The lowest BCUT2D eigenvalue weighted by Crippen LogP contribution is -2.39. The summed E-state index contributed by atoms with van der Waals surface area (Å²) in [4.78, 5) is 14.5. The molecule has 0 unspecified atom stereocenters. The molecule has 2 aromatic rings. The summed E-state index contributed by atoms with van der Waals surface area (Å²) < 4.78 is 10.7. The molecule has 0 spiro atoms. The second-order valence-corrected chi connectivity index (χ2v) is 6.85. The third-order valence-corrected chi connectivity index (χ3v) is 4.77. The predicted octanol–water partition coefficient (Wildman–Crippen LogP) is 2.91. The number of ether oxygens (including phenoxy) is 2. The molecule has 144 valence electrons. The van der Waals surface area contributed by atoms with Gasteiger partial charge >= 0.3 is 0 Å². The first-order valence-corrected chi connectivity index (χ1v) is 9.48. The number of rotatable bonds is 8. The van der Waals surface area contributed by atoms with Crippen LogP contribution in [0.2, 0.25) is 0 Å². The van der Waals surface area contributed by atoms with Crippen LogP contribution in [0.15, 0.2) is 42.5 Å². The quantitative estimate of drug-likeness (QED) is 0.778. The van der Waals surface area contributed by atoms with Crippen LogP contribution in [-0.2, 0) is 35.6 Å². The highest BCUT2D eigenvalue weighted by Gasteiger charge is 2.19. The number of nitrogens with one attached hydrogen (secondary N) is 1. The van der Waals surface area contributed by atoms with Gasteiger partial charge in [-0.3, -0.25) is 9.69 Å². The Hall–Kier alpha value is -2.37. The minimum Gasteiger partial charge on any atom is -0.494 e. The van der Waals surface area contributed by atoms with E-state index < -0.39 is 0 Å². The van der Waals surface area contributed by atoms with Gasteiger partial charge in [-0.2, -0.15) is 0 Å². The summed E-state index contributed by atoms with van der Waals surface area (Å²) in [7, 11) is 1.69. The number of methoxy groups -OCH3 is 1. The molecule has 27 heavy (non-hydrogen) atoms. The molecule has 0 bridgehead atoms. The van der Waals surface area contributed by atoms with Gasteiger partial charge in [-0.15, -0.1) is 0 Å². The summed E-state index contributed by atoms with van der Waals surface area (Å²) in [5.41, 5.74) is 4.83. The molecule has 1 N–H and O–H groups in total. The highest BCUT2D eigenvalue weighted by atomic mass is 16.5. The highest BCUT2D eigenvalue weighted by molar-refractivity contribution is 5.78. The van der Waals surface area contributed by atoms with E-state index in [0.717, 1.165) is 36.4 Å². The molecular formula is C22H28N2O3. The van der Waals surface area contributed by atoms with Crippen LogP contribution < -0.4 is 10.1 Å². The minimum absolute atomic E-state index is 0.0559. The van der Waals surface area contributed by atoms with Crippen molar-refractivity contribution in [3.8, 4) is 5.75 Å². The lowest BCUT2D eigenvalue weighted by atomic mass is 9.99. The molecule has 1 heterocycles. The Kier molecular flexibility index (Phi) is 6.85. The Morgan fingerprint density at radius 2 is 1.89 bits per heavy atom. The van der Waals surface area contributed by atoms with Crippen molar-refractivity contribution in [3.05, 3.63) is 64.7 Å². The summed E-state index contributed by atoms with van der Waals surface area (Å²) in [6.07, 6.45) is 0.968. The SMILES string of the molecule is CCOc1ccc2c(c1)CN(CC(=O)NCc1ccc(COC)cc1)CC2. The van der Waals surface area contributed by atoms with Crippen molar-refractivity contribution in [2.24, 2.45) is 0 Å². The Morgan fingerprint density at radius 3 is 2.63 bits per heavy atom. The maximum atomic E-state index is 12.3. The lowest BCUT2D eigenvalue weighted by molar-refractivity contribution is -0.122. The second kappa shape index (κ2) is 9.53. The Balaban J connectivity index is 1.49. The van der Waals surface area contributed by atoms with E-state index in [-0.39, 0.29) is 5.91 Å². The maximum absolute atomic E-state index is 12.3. The molecule has 0 radical (unpaired) electrons. The van der Waals surface area contributed by atoms with E-state index in [1.165, 1.54) is 11.1 Å². The van der Waals surface area contributed by atoms with E-state index in [1.807, 2.05) is 37.3 Å². The number of hydrogen-bond acceptors (Lipinski definition) is 4. The smallest absolute Gasteiger partial charge is 0.234 e. The van der Waals surface area contributed by atoms with Crippen molar-refractivity contribution < 1.29 is 14.3 Å². The summed E-state index contributed by atoms with van der Waals surface area (Å²) in [6.45, 7) is 5.91. The van der Waals surface area contributed by atoms with Crippen molar-refractivity contribution >= 4 is 5.91 Å². The molecule has 3 rings (SSSR count). The lowest BCUT2D eigenvalue weighted by Gasteiger charge is -2.28. The Labute approximate surface area is 161 Å². The zero-order valence-electron chi connectivity index (χ0n) is 16.2. The van der Waals surface area contributed by atoms with E-state index in [9.17, 15) is 4.79 Å². The van der Waals surface area contributed by atoms with Gasteiger partial charge in [0, 0.05) is 26.7 Å². The molecule has 1 amide bonds. The fourth-order valence-corrected chi connectivity index (χ4v) is 3.36. The van der Waals surface area contributed by atoms with Crippen molar-refractivity contribution in [2.75, 3.05) is 26.8 Å². The van der Waals surface area contributed by atoms with Crippen molar-refractivity contribution in [3.63, 3.8) is 0 Å². The van der Waals surface area contributed by atoms with Gasteiger partial charge in [-0.25, -0.2) is 0 Å². The largest absolute Gasteiger partial charge is 0.494 e. The first-order chi connectivity index (χ1) is 13.2. The van der Waals surface area contributed by atoms with E-state index in [4.69, 9.17) is 9.47 Å². The fraction of sp³-hybridized carbons (Fsp3) is 0.409. The fourth-order valence-electron chi connectivity index (χ4n) is 3.36. The average Bonchev–Trinajstić information content (AvgIpc) is 2.68. The molecular weight excluding hydrogens is 340 g/mol. The van der Waals surface area contributed by atoms with Gasteiger partial charge in [0.25, 0.3) is 0 Å². The normalized spacial score (nSPS) is 13.9. The molecule has 2 aromatic carbocycles. The zero-order valence-corrected chi connectivity index (χ0v) is 16.2. The predicted molar refractivity (Wildman–Crippen MR) is 106 cm³/mol. The monoisotopic (exact) mass is 368 g/mol. The third kappa shape index (κ3) is 5.55. The number of benzene rings is 2. The summed E-state index contributed by atoms with van der Waals surface area (Å²) in [6, 6.07) is 14.4.